The Balaban J connectivity index is 0.000000142. The van der Waals surface area contributed by atoms with E-state index in [4.69, 9.17) is 16.2 Å². The number of fused-ring (bicyclic) bond motifs is 3. The maximum atomic E-state index is 12.9. The summed E-state index contributed by atoms with van der Waals surface area (Å²) in [6.45, 7) is 8.81. The van der Waals surface area contributed by atoms with Crippen LogP contribution in [0.2, 0.25) is 0 Å². The summed E-state index contributed by atoms with van der Waals surface area (Å²) in [5.41, 5.74) is 12.9. The van der Waals surface area contributed by atoms with Crippen molar-refractivity contribution in [1.29, 1.82) is 0 Å². The highest BCUT2D eigenvalue weighted by molar-refractivity contribution is 5.91. The van der Waals surface area contributed by atoms with Crippen LogP contribution in [0.25, 0.3) is 32.3 Å². The number of rotatable bonds is 11. The van der Waals surface area contributed by atoms with Gasteiger partial charge in [0.2, 0.25) is 0 Å². The molecule has 1 atom stereocenters. The van der Waals surface area contributed by atoms with Crippen LogP contribution in [-0.2, 0) is 0 Å². The molecule has 0 radical (unpaired) electrons. The van der Waals surface area contributed by atoms with Gasteiger partial charge < -0.3 is 36.0 Å². The van der Waals surface area contributed by atoms with Crippen molar-refractivity contribution >= 4 is 38.1 Å². The summed E-state index contributed by atoms with van der Waals surface area (Å²) < 4.78 is 18.4. The van der Waals surface area contributed by atoms with Crippen LogP contribution in [-0.4, -0.2) is 124 Å². The topological polar surface area (TPSA) is 228 Å². The molecule has 16 nitrogen and oxygen atoms in total. The number of nitrogens with zero attached hydrogens (tertiary/aromatic N) is 6. The first-order valence-electron chi connectivity index (χ1n) is 23.8. The highest BCUT2D eigenvalue weighted by atomic mass is 19.1. The van der Waals surface area contributed by atoms with Gasteiger partial charge in [0, 0.05) is 60.7 Å². The minimum atomic E-state index is -0.622. The quantitative estimate of drug-likeness (QED) is 0.102. The lowest BCUT2D eigenvalue weighted by atomic mass is 9.90. The van der Waals surface area contributed by atoms with Gasteiger partial charge in [0.25, 0.3) is 16.7 Å². The molecule has 6 heterocycles. The van der Waals surface area contributed by atoms with Gasteiger partial charge in [-0.3, -0.25) is 14.4 Å². The molecule has 358 valence electrons. The van der Waals surface area contributed by atoms with Gasteiger partial charge in [0.05, 0.1) is 27.5 Å². The summed E-state index contributed by atoms with van der Waals surface area (Å²) in [5.74, 6) is 2.42. The van der Waals surface area contributed by atoms with Crippen molar-refractivity contribution in [3.8, 4) is 5.75 Å². The Morgan fingerprint density at radius 2 is 1.06 bits per heavy atom. The third-order valence-corrected chi connectivity index (χ3v) is 13.5. The minimum Gasteiger partial charge on any atom is -0.491 e. The first-order chi connectivity index (χ1) is 33.2. The van der Waals surface area contributed by atoms with Crippen molar-refractivity contribution in [2.75, 3.05) is 77.0 Å². The highest BCUT2D eigenvalue weighted by Gasteiger charge is 2.26. The molecule has 4 aromatic carbocycles. The molecule has 3 aliphatic heterocycles. The zero-order valence-corrected chi connectivity index (χ0v) is 38.4. The van der Waals surface area contributed by atoms with Crippen LogP contribution in [0.1, 0.15) is 61.7 Å². The Labute approximate surface area is 393 Å². The number of piperidine rings is 3. The van der Waals surface area contributed by atoms with Crippen LogP contribution in [0.5, 0.6) is 5.75 Å². The minimum absolute atomic E-state index is 0.107. The summed E-state index contributed by atoms with van der Waals surface area (Å²) in [6.07, 6.45) is 5.52. The fourth-order valence-corrected chi connectivity index (χ4v) is 9.69. The lowest BCUT2D eigenvalue weighted by Crippen LogP contribution is -2.40. The third-order valence-electron chi connectivity index (χ3n) is 13.5. The van der Waals surface area contributed by atoms with Gasteiger partial charge in [-0.2, -0.15) is 15.3 Å². The molecule has 0 amide bonds. The van der Waals surface area contributed by atoms with Gasteiger partial charge >= 0.3 is 0 Å². The van der Waals surface area contributed by atoms with Crippen molar-refractivity contribution in [2.45, 2.75) is 56.5 Å². The second-order valence-corrected chi connectivity index (χ2v) is 18.0. The number of halogens is 1. The molecule has 3 fully saturated rings. The molecule has 10 rings (SSSR count). The van der Waals surface area contributed by atoms with Crippen LogP contribution < -0.4 is 37.8 Å². The Hall–Kier alpha value is -6.37. The lowest BCUT2D eigenvalue weighted by Gasteiger charge is -2.33. The van der Waals surface area contributed by atoms with E-state index < -0.39 is 6.10 Å². The van der Waals surface area contributed by atoms with Crippen LogP contribution in [0.15, 0.2) is 111 Å². The number of benzene rings is 4. The summed E-state index contributed by atoms with van der Waals surface area (Å²) in [4.78, 5) is 42.4. The van der Waals surface area contributed by atoms with Crippen LogP contribution in [0.3, 0.4) is 0 Å². The van der Waals surface area contributed by atoms with Gasteiger partial charge in [-0.25, -0.2) is 19.7 Å². The molecule has 3 saturated heterocycles. The molecule has 68 heavy (non-hydrogen) atoms. The molecular weight excluding hydrogens is 866 g/mol. The summed E-state index contributed by atoms with van der Waals surface area (Å²) in [6, 6.07) is 28.7. The molecular formula is C51H62FN11O5. The van der Waals surface area contributed by atoms with E-state index in [9.17, 15) is 23.9 Å². The second kappa shape index (κ2) is 23.1. The normalized spacial score (nSPS) is 17.1. The molecule has 3 aliphatic rings. The number of aromatic nitrogens is 6. The monoisotopic (exact) mass is 927 g/mol. The second-order valence-electron chi connectivity index (χ2n) is 18.0. The van der Waals surface area contributed by atoms with Crippen molar-refractivity contribution in [2.24, 2.45) is 17.4 Å². The van der Waals surface area contributed by atoms with Gasteiger partial charge in [0.1, 0.15) is 24.3 Å². The third kappa shape index (κ3) is 11.8. The number of aromatic amines is 3. The molecule has 0 saturated carbocycles. The number of nitrogens with one attached hydrogen (secondary N) is 3. The van der Waals surface area contributed by atoms with E-state index in [1.165, 1.54) is 12.1 Å². The van der Waals surface area contributed by atoms with E-state index in [-0.39, 0.29) is 35.0 Å². The van der Waals surface area contributed by atoms with E-state index in [0.717, 1.165) is 130 Å². The van der Waals surface area contributed by atoms with Crippen molar-refractivity contribution in [3.05, 3.63) is 145 Å². The number of hydrogen-bond donors (Lipinski definition) is 6. The zero-order chi connectivity index (χ0) is 47.4. The summed E-state index contributed by atoms with van der Waals surface area (Å²) in [5, 5.41) is 36.0. The van der Waals surface area contributed by atoms with E-state index >= 15 is 0 Å². The number of H-pyrrole nitrogens is 3. The fourth-order valence-electron chi connectivity index (χ4n) is 9.69. The zero-order valence-electron chi connectivity index (χ0n) is 38.4. The molecule has 0 bridgehead atoms. The maximum absolute atomic E-state index is 12.9. The van der Waals surface area contributed by atoms with E-state index in [1.54, 1.807) is 12.1 Å². The Bertz CT molecular complexity index is 2910. The standard InChI is InChI=1S/C22H24FN3O3.C15H20N4O.C14H18N4O/c23-16-5-7-18(8-6-16)29-14-17(27)13-26-11-9-15(10-12-26)21-19-3-1-2-4-20(19)22(28)25-24-21;16-7-10-19-8-5-11(6-9-19)14-12-3-1-2-4-13(12)15(20)18-17-14;15-9-10-5-7-18(8-6-10)13-11-3-1-2-4-12(11)14(19)17-16-13/h1-8,15,17,27H,9-14H2,(H,25,28);1-4,11H,5-10,16H2,(H,18,20);1-4,10H,5-9,15H2,(H,17,19). The van der Waals surface area contributed by atoms with Crippen molar-refractivity contribution in [3.63, 3.8) is 0 Å². The van der Waals surface area contributed by atoms with Gasteiger partial charge in [0.15, 0.2) is 5.82 Å². The van der Waals surface area contributed by atoms with E-state index in [2.05, 4.69) is 45.3 Å². The molecule has 0 aliphatic carbocycles. The molecule has 17 heteroatoms. The molecule has 1 unspecified atom stereocenters. The predicted molar refractivity (Wildman–Crippen MR) is 265 cm³/mol. The maximum Gasteiger partial charge on any atom is 0.272 e. The van der Waals surface area contributed by atoms with Crippen LogP contribution >= 0.6 is 0 Å². The van der Waals surface area contributed by atoms with Gasteiger partial charge in [-0.1, -0.05) is 54.6 Å². The Kier molecular flexibility index (Phi) is 16.3. The number of β-amino-alcohol motifs (C(OH)–C–C–N with tert-alkyl or cyclic N) is 1. The molecule has 0 spiro atoms. The van der Waals surface area contributed by atoms with Crippen molar-refractivity contribution in [1.82, 2.24) is 40.4 Å². The molecule has 7 aromatic rings. The van der Waals surface area contributed by atoms with E-state index in [1.807, 2.05) is 72.8 Å². The lowest BCUT2D eigenvalue weighted by molar-refractivity contribution is 0.0593. The van der Waals surface area contributed by atoms with Crippen molar-refractivity contribution < 1.29 is 14.2 Å². The van der Waals surface area contributed by atoms with Gasteiger partial charge in [-0.05, 0) is 120 Å². The Morgan fingerprint density at radius 3 is 1.56 bits per heavy atom. The smallest absolute Gasteiger partial charge is 0.272 e. The molecule has 3 aromatic heterocycles. The SMILES string of the molecule is NCC1CCN(c2n[nH]c(=O)c3ccccc23)CC1.NCCN1CCC(c2n[nH]c(=O)c3ccccc23)CC1.O=c1[nH]nc(C2CCN(CC(O)COc3ccc(F)cc3)CC2)c2ccccc12. The number of aliphatic hydroxyl groups is 1. The summed E-state index contributed by atoms with van der Waals surface area (Å²) in [7, 11) is 0. The number of nitrogens with two attached hydrogens (primary N) is 2. The average molecular weight is 928 g/mol. The van der Waals surface area contributed by atoms with Crippen LogP contribution in [0, 0.1) is 11.7 Å². The summed E-state index contributed by atoms with van der Waals surface area (Å²) >= 11 is 0. The molecule has 8 N–H and O–H groups in total. The van der Waals surface area contributed by atoms with Gasteiger partial charge in [-0.15, -0.1) is 0 Å². The predicted octanol–water partition coefficient (Wildman–Crippen LogP) is 4.84. The average Bonchev–Trinajstić information content (AvgIpc) is 3.38. The number of anilines is 1. The number of ether oxygens (including phenoxy) is 1. The first-order valence-corrected chi connectivity index (χ1v) is 23.8. The highest BCUT2D eigenvalue weighted by Crippen LogP contribution is 2.32. The Morgan fingerprint density at radius 1 is 0.603 bits per heavy atom. The first kappa shape index (κ1) is 48.1. The van der Waals surface area contributed by atoms with Crippen LogP contribution in [0.4, 0.5) is 10.2 Å². The fraction of sp³-hybridized carbons (Fsp3) is 0.412. The number of hydrogen-bond acceptors (Lipinski definition) is 13. The number of aliphatic hydroxyl groups excluding tert-OH is 1. The largest absolute Gasteiger partial charge is 0.491 e. The van der Waals surface area contributed by atoms with E-state index in [0.29, 0.717) is 41.4 Å². The number of likely N-dealkylation sites (tertiary alicyclic amines) is 2.